The van der Waals surface area contributed by atoms with Crippen molar-refractivity contribution in [1.29, 1.82) is 0 Å². The molecule has 1 saturated heterocycles. The molecule has 4 amide bonds. The van der Waals surface area contributed by atoms with Crippen molar-refractivity contribution in [2.45, 2.75) is 31.1 Å². The Morgan fingerprint density at radius 1 is 0.900 bits per heavy atom. The lowest BCUT2D eigenvalue weighted by Crippen LogP contribution is -2.45. The predicted octanol–water partition coefficient (Wildman–Crippen LogP) is 1.72. The molecular formula is C37H46N8O5. The molecule has 50 heavy (non-hydrogen) atoms. The van der Waals surface area contributed by atoms with E-state index in [-0.39, 0.29) is 35.6 Å². The van der Waals surface area contributed by atoms with Crippen LogP contribution in [-0.2, 0) is 9.53 Å². The number of allylic oxidation sites excluding steroid dienone is 5. The third kappa shape index (κ3) is 8.40. The summed E-state index contributed by atoms with van der Waals surface area (Å²) in [5, 5.41) is 10.5. The average Bonchev–Trinajstić information content (AvgIpc) is 3.62. The minimum Gasteiger partial charge on any atom is -0.455 e. The number of hydrogen-bond acceptors (Lipinski definition) is 9. The van der Waals surface area contributed by atoms with Crippen molar-refractivity contribution in [3.63, 3.8) is 0 Å². The molecule has 6 rings (SSSR count). The lowest BCUT2D eigenvalue weighted by Gasteiger charge is -2.29. The summed E-state index contributed by atoms with van der Waals surface area (Å²) in [6.07, 6.45) is 17.5. The monoisotopic (exact) mass is 682 g/mol. The Balaban J connectivity index is 1.15. The summed E-state index contributed by atoms with van der Waals surface area (Å²) in [6.45, 7) is 4.04. The summed E-state index contributed by atoms with van der Waals surface area (Å²) in [6, 6.07) is 3.25. The molecule has 3 aliphatic carbocycles. The van der Waals surface area contributed by atoms with Crippen LogP contribution in [0.25, 0.3) is 12.2 Å². The minimum atomic E-state index is -0.351. The smallest absolute Gasteiger partial charge is 0.323 e. The molecule has 2 aromatic heterocycles. The predicted molar refractivity (Wildman–Crippen MR) is 190 cm³/mol. The Morgan fingerprint density at radius 3 is 2.28 bits per heavy atom. The molecule has 13 heteroatoms. The van der Waals surface area contributed by atoms with E-state index < -0.39 is 0 Å². The number of carbonyl (C=O) groups excluding carboxylic acids is 3. The van der Waals surface area contributed by atoms with E-state index in [4.69, 9.17) is 19.1 Å². The Hall–Kier alpha value is -5.01. The van der Waals surface area contributed by atoms with Gasteiger partial charge in [0.2, 0.25) is 5.91 Å². The van der Waals surface area contributed by atoms with E-state index in [1.807, 2.05) is 55.4 Å². The van der Waals surface area contributed by atoms with Crippen molar-refractivity contribution in [3.8, 4) is 0 Å². The highest BCUT2D eigenvalue weighted by Crippen LogP contribution is 2.28. The zero-order valence-electron chi connectivity index (χ0n) is 29.1. The van der Waals surface area contributed by atoms with Gasteiger partial charge in [-0.15, -0.1) is 0 Å². The summed E-state index contributed by atoms with van der Waals surface area (Å²) in [7, 11) is 7.40. The third-order valence-electron chi connectivity index (χ3n) is 9.08. The molecule has 0 spiro atoms. The first-order valence-electron chi connectivity index (χ1n) is 17.2. The topological polar surface area (TPSA) is 145 Å². The maximum Gasteiger partial charge on any atom is 0.323 e. The molecular weight excluding hydrogens is 636 g/mol. The number of aromatic nitrogens is 2. The lowest BCUT2D eigenvalue weighted by molar-refractivity contribution is -0.131. The molecule has 3 atom stereocenters. The van der Waals surface area contributed by atoms with Gasteiger partial charge in [-0.2, -0.15) is 0 Å². The number of amides is 4. The molecule has 4 aliphatic rings. The zero-order valence-corrected chi connectivity index (χ0v) is 29.1. The van der Waals surface area contributed by atoms with Crippen molar-refractivity contribution < 1.29 is 23.5 Å². The number of anilines is 1. The molecule has 0 bridgehead atoms. The van der Waals surface area contributed by atoms with Crippen LogP contribution in [0.3, 0.4) is 0 Å². The van der Waals surface area contributed by atoms with Crippen molar-refractivity contribution in [1.82, 2.24) is 35.7 Å². The Kier molecular flexibility index (Phi) is 10.9. The van der Waals surface area contributed by atoms with Crippen LogP contribution in [0.4, 0.5) is 10.6 Å². The van der Waals surface area contributed by atoms with Crippen molar-refractivity contribution in [2.24, 2.45) is 5.92 Å². The van der Waals surface area contributed by atoms with Crippen molar-refractivity contribution in [3.05, 3.63) is 87.9 Å². The lowest BCUT2D eigenvalue weighted by atomic mass is 9.95. The molecule has 1 aliphatic heterocycles. The molecule has 13 nitrogen and oxygen atoms in total. The fourth-order valence-corrected chi connectivity index (χ4v) is 6.28. The number of nitrogens with zero attached hydrogens (tertiary/aromatic N) is 5. The van der Waals surface area contributed by atoms with Crippen LogP contribution in [0.5, 0.6) is 0 Å². The average molecular weight is 683 g/mol. The second kappa shape index (κ2) is 15.7. The summed E-state index contributed by atoms with van der Waals surface area (Å²) >= 11 is 0. The first kappa shape index (κ1) is 34.8. The van der Waals surface area contributed by atoms with E-state index in [9.17, 15) is 14.4 Å². The van der Waals surface area contributed by atoms with E-state index in [2.05, 4.69) is 33.0 Å². The summed E-state index contributed by atoms with van der Waals surface area (Å²) in [4.78, 5) is 53.6. The first-order valence-corrected chi connectivity index (χ1v) is 17.2. The van der Waals surface area contributed by atoms with E-state index in [0.29, 0.717) is 67.8 Å². The largest absolute Gasteiger partial charge is 0.455 e. The number of fused-ring (bicyclic) bond motifs is 1. The highest BCUT2D eigenvalue weighted by molar-refractivity contribution is 5.91. The maximum absolute atomic E-state index is 12.8. The Labute approximate surface area is 292 Å². The Bertz CT molecular complexity index is 1850. The van der Waals surface area contributed by atoms with E-state index in [1.54, 1.807) is 31.1 Å². The van der Waals surface area contributed by atoms with Gasteiger partial charge in [-0.05, 0) is 63.7 Å². The van der Waals surface area contributed by atoms with Gasteiger partial charge >= 0.3 is 6.03 Å². The number of carbonyl (C=O) groups is 3. The van der Waals surface area contributed by atoms with Crippen LogP contribution in [0.1, 0.15) is 53.2 Å². The van der Waals surface area contributed by atoms with Crippen LogP contribution >= 0.6 is 0 Å². The SMILES string of the molecule is CN(C)CCNC(=O)c1ccc(C2C=c3nc(C4C=CC(NC(=O)NC5=CCC(C(=O)N(C)C)C=C5)=CC4)nc(N4CCOCC4)c3=CC2)o1. The standard InChI is InChI=1S/C37H46N8O5/c1-43(2)18-17-38-35(46)32-16-15-31(50-32)26-9-14-29-30(23-26)41-33(42-34(29)45-19-21-49-22-20-45)24-5-10-27(11-6-24)39-37(48)40-28-12-7-25(8-13-28)36(47)44(3)4/h5,7,10-16,23-26H,6,8-9,17-22H2,1-4H3,(H,38,46)(H2,39,40,48). The summed E-state index contributed by atoms with van der Waals surface area (Å²) in [5.41, 5.74) is 1.34. The number of morpholine rings is 1. The molecule has 3 heterocycles. The minimum absolute atomic E-state index is 0.0348. The fraction of sp³-hybridized carbons (Fsp3) is 0.432. The van der Waals surface area contributed by atoms with Gasteiger partial charge in [0.15, 0.2) is 5.76 Å². The van der Waals surface area contributed by atoms with Gasteiger partial charge in [0.05, 0.1) is 24.5 Å². The number of rotatable bonds is 10. The molecule has 2 aromatic rings. The third-order valence-corrected chi connectivity index (χ3v) is 9.08. The zero-order chi connectivity index (χ0) is 35.2. The summed E-state index contributed by atoms with van der Waals surface area (Å²) < 4.78 is 11.7. The van der Waals surface area contributed by atoms with Crippen LogP contribution in [0.2, 0.25) is 0 Å². The number of likely N-dealkylation sites (N-methyl/N-ethyl adjacent to an activating group) is 1. The van der Waals surface area contributed by atoms with Crippen molar-refractivity contribution >= 4 is 35.8 Å². The number of nitrogens with one attached hydrogen (secondary N) is 3. The molecule has 1 fully saturated rings. The molecule has 264 valence electrons. The number of furan rings is 1. The van der Waals surface area contributed by atoms with Gasteiger partial charge in [0, 0.05) is 68.7 Å². The number of ether oxygens (including phenoxy) is 1. The van der Waals surface area contributed by atoms with Crippen LogP contribution < -0.4 is 31.4 Å². The molecule has 0 aromatic carbocycles. The van der Waals surface area contributed by atoms with Crippen molar-refractivity contribution in [2.75, 3.05) is 72.5 Å². The van der Waals surface area contributed by atoms with Gasteiger partial charge in [0.1, 0.15) is 17.4 Å². The van der Waals surface area contributed by atoms with Crippen LogP contribution in [0.15, 0.2) is 64.4 Å². The summed E-state index contributed by atoms with van der Waals surface area (Å²) in [5.74, 6) is 2.04. The molecule has 3 N–H and O–H groups in total. The second-order valence-electron chi connectivity index (χ2n) is 13.3. The fourth-order valence-electron chi connectivity index (χ4n) is 6.28. The van der Waals surface area contributed by atoms with Crippen LogP contribution in [-0.4, -0.2) is 105 Å². The molecule has 0 radical (unpaired) electrons. The van der Waals surface area contributed by atoms with Gasteiger partial charge in [-0.3, -0.25) is 9.59 Å². The van der Waals surface area contributed by atoms with Gasteiger partial charge in [0.25, 0.3) is 5.91 Å². The molecule has 0 saturated carbocycles. The van der Waals surface area contributed by atoms with Gasteiger partial charge < -0.3 is 39.8 Å². The van der Waals surface area contributed by atoms with Crippen LogP contribution in [0, 0.1) is 5.92 Å². The van der Waals surface area contributed by atoms with Gasteiger partial charge in [-0.25, -0.2) is 14.8 Å². The van der Waals surface area contributed by atoms with Gasteiger partial charge in [-0.1, -0.05) is 30.4 Å². The first-order chi connectivity index (χ1) is 24.1. The Morgan fingerprint density at radius 2 is 1.62 bits per heavy atom. The second-order valence-corrected chi connectivity index (χ2v) is 13.3. The number of urea groups is 1. The van der Waals surface area contributed by atoms with E-state index in [0.717, 1.165) is 36.0 Å². The highest BCUT2D eigenvalue weighted by Gasteiger charge is 2.25. The van der Waals surface area contributed by atoms with E-state index in [1.165, 1.54) is 0 Å². The quantitative estimate of drug-likeness (QED) is 0.341. The maximum atomic E-state index is 12.8. The highest BCUT2D eigenvalue weighted by atomic mass is 16.5. The number of hydrogen-bond donors (Lipinski definition) is 3. The van der Waals surface area contributed by atoms with E-state index >= 15 is 0 Å². The molecule has 3 unspecified atom stereocenters. The normalized spacial score (nSPS) is 21.3.